The van der Waals surface area contributed by atoms with E-state index in [1.807, 2.05) is 0 Å². The van der Waals surface area contributed by atoms with Crippen LogP contribution in [0.5, 0.6) is 5.75 Å². The molecule has 0 saturated heterocycles. The number of nitrogens with one attached hydrogen (secondary N) is 1. The second kappa shape index (κ2) is 7.83. The van der Waals surface area contributed by atoms with Crippen molar-refractivity contribution in [3.63, 3.8) is 0 Å². The molecule has 122 valence electrons. The van der Waals surface area contributed by atoms with Crippen LogP contribution in [0.25, 0.3) is 0 Å². The standard InChI is InChI=1S/C11H15F3N2O3S.ClH/c1-15-7-8-16(2)20(17,18)10-6-4-3-5-9(10)19-11(12,13)14;/h3-6,15H,7-8H2,1-2H3;1H. The molecular formula is C11H16ClF3N2O3S. The Bertz CT molecular complexity index is 552. The van der Waals surface area contributed by atoms with Gasteiger partial charge in [-0.25, -0.2) is 8.42 Å². The fourth-order valence-electron chi connectivity index (χ4n) is 1.43. The Morgan fingerprint density at radius 3 is 2.38 bits per heavy atom. The lowest BCUT2D eigenvalue weighted by Crippen LogP contribution is -2.33. The molecule has 1 rings (SSSR count). The Kier molecular flexibility index (Phi) is 7.45. The van der Waals surface area contributed by atoms with Crippen LogP contribution in [0.2, 0.25) is 0 Å². The molecule has 0 radical (unpaired) electrons. The molecule has 0 fully saturated rings. The summed E-state index contributed by atoms with van der Waals surface area (Å²) in [5, 5.41) is 2.76. The van der Waals surface area contributed by atoms with Gasteiger partial charge in [-0.3, -0.25) is 0 Å². The number of likely N-dealkylation sites (N-methyl/N-ethyl adjacent to an activating group) is 2. The third-order valence-electron chi connectivity index (χ3n) is 2.44. The normalized spacial score (nSPS) is 12.1. The lowest BCUT2D eigenvalue weighted by molar-refractivity contribution is -0.275. The van der Waals surface area contributed by atoms with Gasteiger partial charge in [-0.1, -0.05) is 12.1 Å². The van der Waals surface area contributed by atoms with Gasteiger partial charge in [0.05, 0.1) is 0 Å². The third-order valence-corrected chi connectivity index (χ3v) is 4.34. The predicted octanol–water partition coefficient (Wildman–Crippen LogP) is 1.85. The van der Waals surface area contributed by atoms with Crippen LogP contribution >= 0.6 is 12.4 Å². The van der Waals surface area contributed by atoms with E-state index < -0.39 is 27.0 Å². The van der Waals surface area contributed by atoms with Crippen molar-refractivity contribution < 1.29 is 26.3 Å². The first kappa shape index (κ1) is 20.0. The topological polar surface area (TPSA) is 58.6 Å². The average molecular weight is 349 g/mol. The number of benzene rings is 1. The van der Waals surface area contributed by atoms with E-state index in [-0.39, 0.29) is 19.0 Å². The quantitative estimate of drug-likeness (QED) is 0.852. The van der Waals surface area contributed by atoms with E-state index in [0.717, 1.165) is 16.4 Å². The summed E-state index contributed by atoms with van der Waals surface area (Å²) in [5.74, 6) is -0.740. The summed E-state index contributed by atoms with van der Waals surface area (Å²) in [6, 6.07) is 4.65. The Morgan fingerprint density at radius 2 is 1.86 bits per heavy atom. The summed E-state index contributed by atoms with van der Waals surface area (Å²) < 4.78 is 65.9. The highest BCUT2D eigenvalue weighted by atomic mass is 35.5. The molecule has 0 atom stereocenters. The second-order valence-corrected chi connectivity index (χ2v) is 5.94. The number of nitrogens with zero attached hydrogens (tertiary/aromatic N) is 1. The molecule has 21 heavy (non-hydrogen) atoms. The van der Waals surface area contributed by atoms with Gasteiger partial charge in [0, 0.05) is 20.1 Å². The van der Waals surface area contributed by atoms with Crippen molar-refractivity contribution in [1.82, 2.24) is 9.62 Å². The molecule has 0 saturated carbocycles. The molecule has 5 nitrogen and oxygen atoms in total. The van der Waals surface area contributed by atoms with E-state index >= 15 is 0 Å². The van der Waals surface area contributed by atoms with Crippen molar-refractivity contribution in [2.24, 2.45) is 0 Å². The van der Waals surface area contributed by atoms with Crippen molar-refractivity contribution in [3.8, 4) is 5.75 Å². The third kappa shape index (κ3) is 5.70. The van der Waals surface area contributed by atoms with Crippen molar-refractivity contribution in [1.29, 1.82) is 0 Å². The van der Waals surface area contributed by atoms with Gasteiger partial charge in [0.15, 0.2) is 0 Å². The van der Waals surface area contributed by atoms with E-state index in [0.29, 0.717) is 6.54 Å². The maximum Gasteiger partial charge on any atom is 0.573 e. The van der Waals surface area contributed by atoms with Crippen LogP contribution in [0, 0.1) is 0 Å². The van der Waals surface area contributed by atoms with Gasteiger partial charge in [-0.05, 0) is 19.2 Å². The summed E-state index contributed by atoms with van der Waals surface area (Å²) in [4.78, 5) is -0.518. The molecule has 1 N–H and O–H groups in total. The molecule has 0 spiro atoms. The number of sulfonamides is 1. The van der Waals surface area contributed by atoms with Gasteiger partial charge >= 0.3 is 6.36 Å². The fraction of sp³-hybridized carbons (Fsp3) is 0.455. The zero-order chi connectivity index (χ0) is 15.4. The maximum absolute atomic E-state index is 12.3. The Balaban J connectivity index is 0.00000400. The van der Waals surface area contributed by atoms with Crippen LogP contribution in [-0.4, -0.2) is 46.3 Å². The number of hydrogen-bond donors (Lipinski definition) is 1. The predicted molar refractivity (Wildman–Crippen MR) is 74.1 cm³/mol. The van der Waals surface area contributed by atoms with Crippen molar-refractivity contribution >= 4 is 22.4 Å². The first-order chi connectivity index (χ1) is 9.18. The highest BCUT2D eigenvalue weighted by Crippen LogP contribution is 2.30. The molecule has 0 aliphatic rings. The summed E-state index contributed by atoms with van der Waals surface area (Å²) in [5.41, 5.74) is 0. The van der Waals surface area contributed by atoms with Crippen LogP contribution in [0.1, 0.15) is 0 Å². The molecule has 0 unspecified atom stereocenters. The molecule has 0 aliphatic heterocycles. The summed E-state index contributed by atoms with van der Waals surface area (Å²) >= 11 is 0. The molecule has 10 heteroatoms. The first-order valence-electron chi connectivity index (χ1n) is 5.64. The van der Waals surface area contributed by atoms with E-state index in [2.05, 4.69) is 10.1 Å². The Hall–Kier alpha value is -1.03. The Morgan fingerprint density at radius 1 is 1.29 bits per heavy atom. The maximum atomic E-state index is 12.3. The van der Waals surface area contributed by atoms with E-state index in [4.69, 9.17) is 0 Å². The molecule has 0 aliphatic carbocycles. The van der Waals surface area contributed by atoms with Gasteiger partial charge in [-0.15, -0.1) is 25.6 Å². The number of para-hydroxylation sites is 1. The van der Waals surface area contributed by atoms with Crippen LogP contribution < -0.4 is 10.1 Å². The highest BCUT2D eigenvalue weighted by Gasteiger charge is 2.34. The molecule has 0 aromatic heterocycles. The lowest BCUT2D eigenvalue weighted by Gasteiger charge is -2.19. The number of halogens is 4. The zero-order valence-corrected chi connectivity index (χ0v) is 13.0. The highest BCUT2D eigenvalue weighted by molar-refractivity contribution is 7.89. The van der Waals surface area contributed by atoms with Gasteiger partial charge in [0.2, 0.25) is 10.0 Å². The van der Waals surface area contributed by atoms with Crippen LogP contribution in [0.3, 0.4) is 0 Å². The molecular weight excluding hydrogens is 333 g/mol. The fourth-order valence-corrected chi connectivity index (χ4v) is 2.71. The van der Waals surface area contributed by atoms with Crippen molar-refractivity contribution in [2.75, 3.05) is 27.2 Å². The van der Waals surface area contributed by atoms with Crippen LogP contribution in [0.15, 0.2) is 29.2 Å². The van der Waals surface area contributed by atoms with Crippen LogP contribution in [0.4, 0.5) is 13.2 Å². The molecule has 1 aromatic rings. The molecule has 0 bridgehead atoms. The summed E-state index contributed by atoms with van der Waals surface area (Å²) in [7, 11) is -1.12. The lowest BCUT2D eigenvalue weighted by atomic mass is 10.3. The number of alkyl halides is 3. The van der Waals surface area contributed by atoms with Gasteiger partial charge in [0.1, 0.15) is 10.6 Å². The second-order valence-electron chi connectivity index (χ2n) is 3.92. The minimum atomic E-state index is -4.95. The van der Waals surface area contributed by atoms with Crippen LogP contribution in [-0.2, 0) is 10.0 Å². The first-order valence-corrected chi connectivity index (χ1v) is 7.08. The monoisotopic (exact) mass is 348 g/mol. The van der Waals surface area contributed by atoms with Gasteiger partial charge in [0.25, 0.3) is 0 Å². The van der Waals surface area contributed by atoms with E-state index in [9.17, 15) is 21.6 Å². The number of rotatable bonds is 6. The number of ether oxygens (including phenoxy) is 1. The number of hydrogen-bond acceptors (Lipinski definition) is 4. The Labute approximate surface area is 127 Å². The molecule has 0 heterocycles. The van der Waals surface area contributed by atoms with E-state index in [1.165, 1.54) is 19.2 Å². The molecule has 0 amide bonds. The largest absolute Gasteiger partial charge is 0.573 e. The SMILES string of the molecule is CNCCN(C)S(=O)(=O)c1ccccc1OC(F)(F)F.Cl. The van der Waals surface area contributed by atoms with Gasteiger partial charge in [-0.2, -0.15) is 4.31 Å². The molecule has 1 aromatic carbocycles. The minimum absolute atomic E-state index is 0. The minimum Gasteiger partial charge on any atom is -0.404 e. The van der Waals surface area contributed by atoms with Crippen molar-refractivity contribution in [2.45, 2.75) is 11.3 Å². The van der Waals surface area contributed by atoms with Crippen molar-refractivity contribution in [3.05, 3.63) is 24.3 Å². The summed E-state index contributed by atoms with van der Waals surface area (Å²) in [6.45, 7) is 0.497. The van der Waals surface area contributed by atoms with Gasteiger partial charge < -0.3 is 10.1 Å². The smallest absolute Gasteiger partial charge is 0.404 e. The summed E-state index contributed by atoms with van der Waals surface area (Å²) in [6.07, 6.45) is -4.95. The average Bonchev–Trinajstić information content (AvgIpc) is 2.34. The zero-order valence-electron chi connectivity index (χ0n) is 11.3. The van der Waals surface area contributed by atoms with E-state index in [1.54, 1.807) is 7.05 Å².